The summed E-state index contributed by atoms with van der Waals surface area (Å²) in [7, 11) is 0. The molecule has 0 saturated heterocycles. The zero-order valence-corrected chi connectivity index (χ0v) is 13.4. The normalized spacial score (nSPS) is 14.8. The van der Waals surface area contributed by atoms with E-state index in [0.29, 0.717) is 17.8 Å². The number of Topliss-reactive ketones (excluding diaryl/α,β-unsaturated/α-hetero) is 1. The molecule has 0 atom stereocenters. The molecule has 5 heteroatoms. The highest BCUT2D eigenvalue weighted by molar-refractivity contribution is 5.96. The summed E-state index contributed by atoms with van der Waals surface area (Å²) in [6, 6.07) is 13.0. The molecule has 2 amide bonds. The van der Waals surface area contributed by atoms with E-state index in [4.69, 9.17) is 0 Å². The molecule has 0 aliphatic heterocycles. The molecule has 0 spiro atoms. The van der Waals surface area contributed by atoms with E-state index >= 15 is 0 Å². The van der Waals surface area contributed by atoms with Gasteiger partial charge in [0.25, 0.3) is 0 Å². The van der Waals surface area contributed by atoms with Crippen molar-refractivity contribution in [1.29, 1.82) is 0 Å². The van der Waals surface area contributed by atoms with Gasteiger partial charge in [-0.25, -0.2) is 9.18 Å². The summed E-state index contributed by atoms with van der Waals surface area (Å²) in [6.07, 6.45) is 1.94. The standard InChI is InChI=1S/C19H19FN2O2/c1-13(23)14-3-2-4-17(11-14)22-18(24)21-12-19(9-10-19)15-5-7-16(20)8-6-15/h2-8,11H,9-10,12H2,1H3,(H2,21,22,24). The van der Waals surface area contributed by atoms with Gasteiger partial charge in [-0.05, 0) is 49.6 Å². The topological polar surface area (TPSA) is 58.2 Å². The van der Waals surface area contributed by atoms with E-state index in [0.717, 1.165) is 18.4 Å². The molecule has 1 fully saturated rings. The van der Waals surface area contributed by atoms with Crippen molar-refractivity contribution in [2.75, 3.05) is 11.9 Å². The Labute approximate surface area is 140 Å². The zero-order chi connectivity index (χ0) is 17.2. The third kappa shape index (κ3) is 3.62. The fraction of sp³-hybridized carbons (Fsp3) is 0.263. The summed E-state index contributed by atoms with van der Waals surface area (Å²) < 4.78 is 13.0. The first-order valence-electron chi connectivity index (χ1n) is 7.90. The lowest BCUT2D eigenvalue weighted by Crippen LogP contribution is -2.35. The molecule has 1 aliphatic carbocycles. The van der Waals surface area contributed by atoms with E-state index in [1.807, 2.05) is 0 Å². The number of ketones is 1. The molecule has 0 aromatic heterocycles. The number of benzene rings is 2. The molecule has 1 saturated carbocycles. The monoisotopic (exact) mass is 326 g/mol. The Morgan fingerprint density at radius 2 is 1.83 bits per heavy atom. The van der Waals surface area contributed by atoms with Gasteiger partial charge in [0, 0.05) is 23.2 Å². The highest BCUT2D eigenvalue weighted by Crippen LogP contribution is 2.47. The molecule has 4 nitrogen and oxygen atoms in total. The van der Waals surface area contributed by atoms with Gasteiger partial charge >= 0.3 is 6.03 Å². The van der Waals surface area contributed by atoms with E-state index in [2.05, 4.69) is 10.6 Å². The number of hydrogen-bond acceptors (Lipinski definition) is 2. The number of carbonyl (C=O) groups excluding carboxylic acids is 2. The summed E-state index contributed by atoms with van der Waals surface area (Å²) in [6.45, 7) is 1.98. The van der Waals surface area contributed by atoms with E-state index in [-0.39, 0.29) is 23.0 Å². The Hall–Kier alpha value is -2.69. The van der Waals surface area contributed by atoms with Crippen molar-refractivity contribution >= 4 is 17.5 Å². The Bertz CT molecular complexity index is 767. The average Bonchev–Trinajstić information content (AvgIpc) is 3.35. The summed E-state index contributed by atoms with van der Waals surface area (Å²) in [5.41, 5.74) is 2.08. The van der Waals surface area contributed by atoms with Crippen LogP contribution in [0.15, 0.2) is 48.5 Å². The van der Waals surface area contributed by atoms with Crippen molar-refractivity contribution in [3.05, 3.63) is 65.5 Å². The number of halogens is 1. The predicted octanol–water partition coefficient (Wildman–Crippen LogP) is 3.88. The van der Waals surface area contributed by atoms with Crippen LogP contribution in [0, 0.1) is 5.82 Å². The van der Waals surface area contributed by atoms with Gasteiger partial charge in [-0.15, -0.1) is 0 Å². The minimum Gasteiger partial charge on any atom is -0.337 e. The van der Waals surface area contributed by atoms with E-state index in [1.165, 1.54) is 19.1 Å². The summed E-state index contributed by atoms with van der Waals surface area (Å²) >= 11 is 0. The number of hydrogen-bond donors (Lipinski definition) is 2. The van der Waals surface area contributed by atoms with Gasteiger partial charge in [0.1, 0.15) is 5.82 Å². The third-order valence-corrected chi connectivity index (χ3v) is 4.42. The minimum absolute atomic E-state index is 0.0488. The Kier molecular flexibility index (Phi) is 4.34. The molecule has 3 rings (SSSR count). The quantitative estimate of drug-likeness (QED) is 0.819. The molecular formula is C19H19FN2O2. The Morgan fingerprint density at radius 3 is 2.46 bits per heavy atom. The zero-order valence-electron chi connectivity index (χ0n) is 13.4. The predicted molar refractivity (Wildman–Crippen MR) is 90.8 cm³/mol. The molecule has 0 heterocycles. The van der Waals surface area contributed by atoms with Gasteiger partial charge in [0.2, 0.25) is 0 Å². The fourth-order valence-corrected chi connectivity index (χ4v) is 2.76. The van der Waals surface area contributed by atoms with Gasteiger partial charge in [-0.3, -0.25) is 4.79 Å². The molecule has 2 aromatic carbocycles. The number of nitrogens with one attached hydrogen (secondary N) is 2. The second kappa shape index (κ2) is 6.43. The maximum absolute atomic E-state index is 13.0. The first-order valence-corrected chi connectivity index (χ1v) is 7.90. The number of carbonyl (C=O) groups is 2. The van der Waals surface area contributed by atoms with Crippen LogP contribution < -0.4 is 10.6 Å². The molecule has 2 N–H and O–H groups in total. The molecule has 124 valence electrons. The Morgan fingerprint density at radius 1 is 1.12 bits per heavy atom. The first-order chi connectivity index (χ1) is 11.5. The lowest BCUT2D eigenvalue weighted by atomic mass is 9.96. The van der Waals surface area contributed by atoms with Gasteiger partial charge in [-0.2, -0.15) is 0 Å². The van der Waals surface area contributed by atoms with Crippen molar-refractivity contribution in [3.8, 4) is 0 Å². The van der Waals surface area contributed by atoms with E-state index in [9.17, 15) is 14.0 Å². The first kappa shape index (κ1) is 16.2. The van der Waals surface area contributed by atoms with Crippen LogP contribution in [0.4, 0.5) is 14.9 Å². The van der Waals surface area contributed by atoms with E-state index < -0.39 is 0 Å². The smallest absolute Gasteiger partial charge is 0.319 e. The van der Waals surface area contributed by atoms with Gasteiger partial charge in [0.15, 0.2) is 5.78 Å². The minimum atomic E-state index is -0.316. The molecule has 2 aromatic rings. The summed E-state index contributed by atoms with van der Waals surface area (Å²) in [5, 5.41) is 5.60. The number of anilines is 1. The summed E-state index contributed by atoms with van der Waals surface area (Å²) in [5.74, 6) is -0.307. The third-order valence-electron chi connectivity index (χ3n) is 4.42. The highest BCUT2D eigenvalue weighted by Gasteiger charge is 2.44. The SMILES string of the molecule is CC(=O)c1cccc(NC(=O)NCC2(c3ccc(F)cc3)CC2)c1. The van der Waals surface area contributed by atoms with Gasteiger partial charge in [-0.1, -0.05) is 24.3 Å². The average molecular weight is 326 g/mol. The fourth-order valence-electron chi connectivity index (χ4n) is 2.76. The van der Waals surface area contributed by atoms with Crippen molar-refractivity contribution in [2.24, 2.45) is 0 Å². The van der Waals surface area contributed by atoms with Crippen molar-refractivity contribution in [3.63, 3.8) is 0 Å². The van der Waals surface area contributed by atoms with Crippen LogP contribution in [-0.4, -0.2) is 18.4 Å². The van der Waals surface area contributed by atoms with Crippen LogP contribution in [0.5, 0.6) is 0 Å². The molecule has 0 unspecified atom stereocenters. The number of urea groups is 1. The second-order valence-corrected chi connectivity index (χ2v) is 6.23. The number of rotatable bonds is 5. The van der Waals surface area contributed by atoms with Crippen molar-refractivity contribution in [2.45, 2.75) is 25.2 Å². The van der Waals surface area contributed by atoms with Crippen LogP contribution in [0.1, 0.15) is 35.7 Å². The Balaban J connectivity index is 1.59. The molecule has 1 aliphatic rings. The maximum atomic E-state index is 13.0. The van der Waals surface area contributed by atoms with Crippen LogP contribution >= 0.6 is 0 Å². The molecule has 0 bridgehead atoms. The van der Waals surface area contributed by atoms with Crippen LogP contribution in [0.25, 0.3) is 0 Å². The molecule has 24 heavy (non-hydrogen) atoms. The second-order valence-electron chi connectivity index (χ2n) is 6.23. The summed E-state index contributed by atoms with van der Waals surface area (Å²) in [4.78, 5) is 23.5. The van der Waals surface area contributed by atoms with Crippen LogP contribution in [0.2, 0.25) is 0 Å². The van der Waals surface area contributed by atoms with Crippen LogP contribution in [-0.2, 0) is 5.41 Å². The van der Waals surface area contributed by atoms with Gasteiger partial charge < -0.3 is 10.6 Å². The van der Waals surface area contributed by atoms with Crippen molar-refractivity contribution < 1.29 is 14.0 Å². The van der Waals surface area contributed by atoms with E-state index in [1.54, 1.807) is 36.4 Å². The largest absolute Gasteiger partial charge is 0.337 e. The maximum Gasteiger partial charge on any atom is 0.319 e. The lowest BCUT2D eigenvalue weighted by Gasteiger charge is -2.17. The lowest BCUT2D eigenvalue weighted by molar-refractivity contribution is 0.101. The molecule has 0 radical (unpaired) electrons. The highest BCUT2D eigenvalue weighted by atomic mass is 19.1. The van der Waals surface area contributed by atoms with Gasteiger partial charge in [0.05, 0.1) is 0 Å². The van der Waals surface area contributed by atoms with Crippen molar-refractivity contribution in [1.82, 2.24) is 5.32 Å². The molecular weight excluding hydrogens is 307 g/mol. The van der Waals surface area contributed by atoms with Crippen LogP contribution in [0.3, 0.4) is 0 Å². The number of amides is 2.